The van der Waals surface area contributed by atoms with Crippen molar-refractivity contribution in [1.29, 1.82) is 0 Å². The Kier molecular flexibility index (Phi) is 4.06. The Balaban J connectivity index is 1.59. The molecule has 1 unspecified atom stereocenters. The zero-order valence-electron chi connectivity index (χ0n) is 12.5. The third-order valence-corrected chi connectivity index (χ3v) is 5.09. The van der Waals surface area contributed by atoms with E-state index in [0.29, 0.717) is 6.54 Å². The van der Waals surface area contributed by atoms with Gasteiger partial charge in [-0.2, -0.15) is 0 Å². The topological polar surface area (TPSA) is 72.7 Å². The first kappa shape index (κ1) is 14.9. The minimum absolute atomic E-state index is 0.0417. The van der Waals surface area contributed by atoms with Gasteiger partial charge in [0.1, 0.15) is 5.69 Å². The molecule has 0 saturated heterocycles. The van der Waals surface area contributed by atoms with E-state index in [9.17, 15) is 4.79 Å². The smallest absolute Gasteiger partial charge is 0.230 e. The summed E-state index contributed by atoms with van der Waals surface area (Å²) in [6.07, 6.45) is 8.34. The maximum absolute atomic E-state index is 12.3. The van der Waals surface area contributed by atoms with Gasteiger partial charge in [0, 0.05) is 12.7 Å². The van der Waals surface area contributed by atoms with Crippen molar-refractivity contribution in [1.82, 2.24) is 25.3 Å². The molecule has 1 aliphatic carbocycles. The molecule has 0 aliphatic heterocycles. The fourth-order valence-electron chi connectivity index (χ4n) is 2.54. The van der Waals surface area contributed by atoms with Crippen molar-refractivity contribution in [2.75, 3.05) is 6.54 Å². The molecule has 116 valence electrons. The monoisotopic (exact) mass is 317 g/mol. The molecule has 1 atom stereocenters. The maximum atomic E-state index is 12.3. The molecular weight excluding hydrogens is 298 g/mol. The quantitative estimate of drug-likeness (QED) is 0.831. The second-order valence-electron chi connectivity index (χ2n) is 5.72. The molecule has 0 radical (unpaired) electrons. The van der Waals surface area contributed by atoms with Gasteiger partial charge < -0.3 is 5.32 Å². The van der Waals surface area contributed by atoms with E-state index in [4.69, 9.17) is 0 Å². The fourth-order valence-corrected chi connectivity index (χ4v) is 3.11. The SMILES string of the molecule is C=CC1(C(=O)NCC(C)n2cc(-c3cncs3)nn2)CCC1. The molecule has 7 heteroatoms. The summed E-state index contributed by atoms with van der Waals surface area (Å²) in [6.45, 7) is 6.33. The molecule has 1 amide bonds. The van der Waals surface area contributed by atoms with Crippen molar-refractivity contribution in [3.63, 3.8) is 0 Å². The van der Waals surface area contributed by atoms with Gasteiger partial charge in [0.25, 0.3) is 0 Å². The van der Waals surface area contributed by atoms with Gasteiger partial charge in [-0.1, -0.05) is 17.7 Å². The summed E-state index contributed by atoms with van der Waals surface area (Å²) in [6, 6.07) is 0.0417. The van der Waals surface area contributed by atoms with Crippen LogP contribution in [0.4, 0.5) is 0 Å². The Bertz CT molecular complexity index is 659. The van der Waals surface area contributed by atoms with Crippen LogP contribution in [-0.2, 0) is 4.79 Å². The minimum atomic E-state index is -0.351. The van der Waals surface area contributed by atoms with Crippen LogP contribution in [0.5, 0.6) is 0 Å². The summed E-state index contributed by atoms with van der Waals surface area (Å²) in [4.78, 5) is 17.3. The van der Waals surface area contributed by atoms with E-state index in [1.807, 2.05) is 13.1 Å². The molecule has 1 saturated carbocycles. The van der Waals surface area contributed by atoms with E-state index in [1.165, 1.54) is 11.3 Å². The number of aromatic nitrogens is 4. The third kappa shape index (κ3) is 2.68. The van der Waals surface area contributed by atoms with E-state index in [0.717, 1.165) is 29.8 Å². The summed E-state index contributed by atoms with van der Waals surface area (Å²) < 4.78 is 1.77. The molecule has 0 bridgehead atoms. The Labute approximate surface area is 133 Å². The van der Waals surface area contributed by atoms with Gasteiger partial charge in [-0.3, -0.25) is 9.78 Å². The number of amides is 1. The number of nitrogens with zero attached hydrogens (tertiary/aromatic N) is 4. The molecule has 2 aromatic rings. The zero-order chi connectivity index (χ0) is 15.6. The number of hydrogen-bond donors (Lipinski definition) is 1. The lowest BCUT2D eigenvalue weighted by molar-refractivity contribution is -0.132. The summed E-state index contributed by atoms with van der Waals surface area (Å²) in [5, 5.41) is 11.3. The normalized spacial score (nSPS) is 17.5. The number of nitrogens with one attached hydrogen (secondary N) is 1. The zero-order valence-corrected chi connectivity index (χ0v) is 13.3. The predicted molar refractivity (Wildman–Crippen MR) is 85.3 cm³/mol. The van der Waals surface area contributed by atoms with Crippen LogP contribution in [0.2, 0.25) is 0 Å². The van der Waals surface area contributed by atoms with Crippen LogP contribution in [0.3, 0.4) is 0 Å². The molecule has 6 nitrogen and oxygen atoms in total. The lowest BCUT2D eigenvalue weighted by Gasteiger charge is -2.37. The van der Waals surface area contributed by atoms with Crippen LogP contribution < -0.4 is 5.32 Å². The molecule has 0 spiro atoms. The van der Waals surface area contributed by atoms with E-state index in [2.05, 4.69) is 27.2 Å². The summed E-state index contributed by atoms with van der Waals surface area (Å²) >= 11 is 1.53. The lowest BCUT2D eigenvalue weighted by Crippen LogP contribution is -2.45. The lowest BCUT2D eigenvalue weighted by atomic mass is 9.68. The first-order valence-corrected chi connectivity index (χ1v) is 8.25. The number of thiazole rings is 1. The van der Waals surface area contributed by atoms with Crippen molar-refractivity contribution in [2.45, 2.75) is 32.2 Å². The first-order chi connectivity index (χ1) is 10.6. The largest absolute Gasteiger partial charge is 0.353 e. The van der Waals surface area contributed by atoms with E-state index in [1.54, 1.807) is 22.5 Å². The second kappa shape index (κ2) is 6.00. The summed E-state index contributed by atoms with van der Waals surface area (Å²) in [5.74, 6) is 0.0726. The standard InChI is InChI=1S/C15H19N5OS/c1-3-15(5-4-6-15)14(21)17-7-11(2)20-9-12(18-19-20)13-8-16-10-22-13/h3,8-11H,1,4-7H2,2H3,(H,17,21). The maximum Gasteiger partial charge on any atom is 0.230 e. The van der Waals surface area contributed by atoms with Gasteiger partial charge in [-0.05, 0) is 19.8 Å². The first-order valence-electron chi connectivity index (χ1n) is 7.37. The van der Waals surface area contributed by atoms with Crippen LogP contribution in [0, 0.1) is 5.41 Å². The Morgan fingerprint density at radius 3 is 3.05 bits per heavy atom. The third-order valence-electron chi connectivity index (χ3n) is 4.29. The van der Waals surface area contributed by atoms with E-state index >= 15 is 0 Å². The molecule has 2 heterocycles. The van der Waals surface area contributed by atoms with Gasteiger partial charge in [0.05, 0.1) is 28.0 Å². The van der Waals surface area contributed by atoms with Gasteiger partial charge >= 0.3 is 0 Å². The van der Waals surface area contributed by atoms with Crippen LogP contribution in [0.25, 0.3) is 10.6 Å². The van der Waals surface area contributed by atoms with Gasteiger partial charge in [-0.25, -0.2) is 4.68 Å². The molecule has 2 aromatic heterocycles. The molecule has 1 aliphatic rings. The van der Waals surface area contributed by atoms with Gasteiger partial charge in [-0.15, -0.1) is 23.0 Å². The van der Waals surface area contributed by atoms with Crippen LogP contribution >= 0.6 is 11.3 Å². The minimum Gasteiger partial charge on any atom is -0.353 e. The Morgan fingerprint density at radius 2 is 2.45 bits per heavy atom. The highest BCUT2D eigenvalue weighted by molar-refractivity contribution is 7.13. The number of hydrogen-bond acceptors (Lipinski definition) is 5. The Morgan fingerprint density at radius 1 is 1.64 bits per heavy atom. The van der Waals surface area contributed by atoms with Crippen molar-refractivity contribution >= 4 is 17.2 Å². The van der Waals surface area contributed by atoms with Crippen molar-refractivity contribution in [3.8, 4) is 10.6 Å². The van der Waals surface area contributed by atoms with Crippen molar-refractivity contribution < 1.29 is 4.79 Å². The highest BCUT2D eigenvalue weighted by atomic mass is 32.1. The highest BCUT2D eigenvalue weighted by Crippen LogP contribution is 2.42. The Hall–Kier alpha value is -2.02. The molecular formula is C15H19N5OS. The van der Waals surface area contributed by atoms with E-state index in [-0.39, 0.29) is 17.4 Å². The molecule has 0 aromatic carbocycles. The van der Waals surface area contributed by atoms with E-state index < -0.39 is 0 Å². The van der Waals surface area contributed by atoms with Crippen molar-refractivity contribution in [2.24, 2.45) is 5.41 Å². The van der Waals surface area contributed by atoms with Crippen LogP contribution in [0.15, 0.2) is 30.6 Å². The second-order valence-corrected chi connectivity index (χ2v) is 6.61. The molecule has 1 N–H and O–H groups in total. The number of carbonyl (C=O) groups excluding carboxylic acids is 1. The average Bonchev–Trinajstić information content (AvgIpc) is 3.14. The fraction of sp³-hybridized carbons (Fsp3) is 0.467. The van der Waals surface area contributed by atoms with Gasteiger partial charge in [0.15, 0.2) is 0 Å². The molecule has 1 fully saturated rings. The van der Waals surface area contributed by atoms with Gasteiger partial charge in [0.2, 0.25) is 5.91 Å². The highest BCUT2D eigenvalue weighted by Gasteiger charge is 2.41. The molecule has 3 rings (SSSR count). The molecule has 22 heavy (non-hydrogen) atoms. The predicted octanol–water partition coefficient (Wildman–Crippen LogP) is 2.44. The summed E-state index contributed by atoms with van der Waals surface area (Å²) in [5.41, 5.74) is 2.23. The van der Waals surface area contributed by atoms with Crippen LogP contribution in [0.1, 0.15) is 32.2 Å². The number of carbonyl (C=O) groups is 1. The number of rotatable bonds is 6. The summed E-state index contributed by atoms with van der Waals surface area (Å²) in [7, 11) is 0. The van der Waals surface area contributed by atoms with Crippen LogP contribution in [-0.4, -0.2) is 32.4 Å². The average molecular weight is 317 g/mol. The van der Waals surface area contributed by atoms with Crippen molar-refractivity contribution in [3.05, 3.63) is 30.6 Å².